The maximum absolute atomic E-state index is 12.7. The molecule has 0 atom stereocenters. The van der Waals surface area contributed by atoms with Crippen LogP contribution in [0.15, 0.2) is 54.6 Å². The Balaban J connectivity index is 1.62. The molecule has 0 fully saturated rings. The van der Waals surface area contributed by atoms with Gasteiger partial charge in [-0.2, -0.15) is 0 Å². The number of nitrogens with one attached hydrogen (secondary N) is 1. The predicted molar refractivity (Wildman–Crippen MR) is 116 cm³/mol. The van der Waals surface area contributed by atoms with Crippen molar-refractivity contribution < 1.29 is 14.3 Å². The van der Waals surface area contributed by atoms with Crippen molar-refractivity contribution in [1.82, 2.24) is 19.8 Å². The van der Waals surface area contributed by atoms with E-state index in [0.717, 1.165) is 16.9 Å². The highest BCUT2D eigenvalue weighted by Crippen LogP contribution is 2.17. The van der Waals surface area contributed by atoms with Crippen molar-refractivity contribution in [2.75, 3.05) is 26.2 Å². The smallest absolute Gasteiger partial charge is 0.257 e. The van der Waals surface area contributed by atoms with Crippen LogP contribution in [-0.2, 0) is 22.6 Å². The number of amides is 2. The molecule has 0 aliphatic heterocycles. The Bertz CT molecular complexity index is 981. The first-order valence-corrected chi connectivity index (χ1v) is 10.3. The summed E-state index contributed by atoms with van der Waals surface area (Å²) in [4.78, 5) is 31.2. The zero-order valence-corrected chi connectivity index (χ0v) is 17.5. The van der Waals surface area contributed by atoms with Crippen LogP contribution in [0, 0.1) is 0 Å². The molecule has 0 saturated heterocycles. The van der Waals surface area contributed by atoms with Gasteiger partial charge < -0.3 is 19.5 Å². The van der Waals surface area contributed by atoms with Gasteiger partial charge >= 0.3 is 0 Å². The summed E-state index contributed by atoms with van der Waals surface area (Å²) in [5.41, 5.74) is 1.77. The van der Waals surface area contributed by atoms with Gasteiger partial charge in [0.1, 0.15) is 18.1 Å². The molecule has 3 aromatic rings. The van der Waals surface area contributed by atoms with E-state index in [1.165, 1.54) is 0 Å². The third-order valence-corrected chi connectivity index (χ3v) is 4.93. The van der Waals surface area contributed by atoms with Crippen LogP contribution < -0.4 is 10.1 Å². The molecule has 1 N–H and O–H groups in total. The molecule has 2 amide bonds. The molecule has 3 rings (SSSR count). The Morgan fingerprint density at radius 2 is 1.73 bits per heavy atom. The first kappa shape index (κ1) is 21.4. The van der Waals surface area contributed by atoms with Crippen LogP contribution in [0.5, 0.6) is 5.75 Å². The minimum absolute atomic E-state index is 0.0408. The number of benzene rings is 2. The number of carbonyl (C=O) groups is 2. The minimum Gasteiger partial charge on any atom is -0.484 e. The van der Waals surface area contributed by atoms with Gasteiger partial charge in [-0.05, 0) is 38.1 Å². The zero-order valence-electron chi connectivity index (χ0n) is 17.5. The molecule has 1 heterocycles. The topological polar surface area (TPSA) is 76.5 Å². The van der Waals surface area contributed by atoms with E-state index in [1.807, 2.05) is 73.0 Å². The average Bonchev–Trinajstić information content (AvgIpc) is 3.11. The Morgan fingerprint density at radius 1 is 1.03 bits per heavy atom. The number of nitrogens with zero attached hydrogens (tertiary/aromatic N) is 3. The number of hydrogen-bond donors (Lipinski definition) is 1. The number of para-hydroxylation sites is 3. The van der Waals surface area contributed by atoms with Crippen molar-refractivity contribution in [3.63, 3.8) is 0 Å². The number of fused-ring (bicyclic) bond motifs is 1. The normalized spacial score (nSPS) is 10.7. The molecule has 0 aliphatic carbocycles. The van der Waals surface area contributed by atoms with Crippen molar-refractivity contribution in [2.24, 2.45) is 0 Å². The second-order valence-electron chi connectivity index (χ2n) is 6.87. The molecule has 0 radical (unpaired) electrons. The fourth-order valence-corrected chi connectivity index (χ4v) is 3.33. The zero-order chi connectivity index (χ0) is 21.3. The number of imidazole rings is 1. The number of likely N-dealkylation sites (N-methyl/N-ethyl adjacent to an activating group) is 1. The number of carbonyl (C=O) groups excluding carboxylic acids is 2. The van der Waals surface area contributed by atoms with Crippen molar-refractivity contribution in [3.05, 3.63) is 60.4 Å². The fourth-order valence-electron chi connectivity index (χ4n) is 3.33. The van der Waals surface area contributed by atoms with E-state index in [9.17, 15) is 9.59 Å². The van der Waals surface area contributed by atoms with E-state index < -0.39 is 0 Å². The van der Waals surface area contributed by atoms with E-state index in [2.05, 4.69) is 10.3 Å². The summed E-state index contributed by atoms with van der Waals surface area (Å²) in [6.45, 7) is 5.91. The highest BCUT2D eigenvalue weighted by atomic mass is 16.5. The molecule has 0 saturated carbocycles. The van der Waals surface area contributed by atoms with E-state index >= 15 is 0 Å². The highest BCUT2D eigenvalue weighted by Gasteiger charge is 2.16. The van der Waals surface area contributed by atoms with E-state index in [4.69, 9.17) is 4.74 Å². The Labute approximate surface area is 176 Å². The molecular weight excluding hydrogens is 380 g/mol. The van der Waals surface area contributed by atoms with Crippen LogP contribution >= 0.6 is 0 Å². The monoisotopic (exact) mass is 408 g/mol. The lowest BCUT2D eigenvalue weighted by atomic mass is 10.3. The number of aromatic nitrogens is 2. The summed E-state index contributed by atoms with van der Waals surface area (Å²) < 4.78 is 7.41. The van der Waals surface area contributed by atoms with Gasteiger partial charge in [0.05, 0.1) is 11.0 Å². The van der Waals surface area contributed by atoms with Gasteiger partial charge in [-0.25, -0.2) is 4.98 Å². The second-order valence-corrected chi connectivity index (χ2v) is 6.87. The van der Waals surface area contributed by atoms with Crippen molar-refractivity contribution in [1.29, 1.82) is 0 Å². The standard InChI is InChI=1S/C23H28N4O3/c1-3-26(4-2)23(29)16-27-20-13-9-8-12-19(20)25-21(27)14-15-24-22(28)17-30-18-10-6-5-7-11-18/h5-13H,3-4,14-17H2,1-2H3,(H,24,28). The van der Waals surface area contributed by atoms with Gasteiger partial charge in [-0.15, -0.1) is 0 Å². The fraction of sp³-hybridized carbons (Fsp3) is 0.348. The van der Waals surface area contributed by atoms with Crippen LogP contribution in [0.1, 0.15) is 19.7 Å². The molecule has 0 bridgehead atoms. The van der Waals surface area contributed by atoms with E-state index in [1.54, 1.807) is 4.90 Å². The van der Waals surface area contributed by atoms with Gasteiger partial charge in [0.15, 0.2) is 6.61 Å². The Hall–Kier alpha value is -3.35. The molecular formula is C23H28N4O3. The molecule has 0 unspecified atom stereocenters. The van der Waals surface area contributed by atoms with Crippen molar-refractivity contribution in [3.8, 4) is 5.75 Å². The summed E-state index contributed by atoms with van der Waals surface area (Å²) in [5, 5.41) is 2.86. The SMILES string of the molecule is CCN(CC)C(=O)Cn1c(CCNC(=O)COc2ccccc2)nc2ccccc21. The lowest BCUT2D eigenvalue weighted by molar-refractivity contribution is -0.131. The largest absolute Gasteiger partial charge is 0.484 e. The van der Waals surface area contributed by atoms with Gasteiger partial charge in [0, 0.05) is 26.1 Å². The molecule has 2 aromatic carbocycles. The number of ether oxygens (including phenoxy) is 1. The van der Waals surface area contributed by atoms with Crippen molar-refractivity contribution >= 4 is 22.8 Å². The lowest BCUT2D eigenvalue weighted by Crippen LogP contribution is -2.34. The van der Waals surface area contributed by atoms with Crippen LogP contribution in [0.4, 0.5) is 0 Å². The third kappa shape index (κ3) is 5.37. The summed E-state index contributed by atoms with van der Waals surface area (Å²) in [5.74, 6) is 1.30. The van der Waals surface area contributed by atoms with Crippen LogP contribution in [0.25, 0.3) is 11.0 Å². The van der Waals surface area contributed by atoms with Gasteiger partial charge in [-0.1, -0.05) is 30.3 Å². The molecule has 0 aliphatic rings. The van der Waals surface area contributed by atoms with Crippen molar-refractivity contribution in [2.45, 2.75) is 26.8 Å². The molecule has 7 heteroatoms. The molecule has 30 heavy (non-hydrogen) atoms. The predicted octanol–water partition coefficient (Wildman–Crippen LogP) is 2.64. The summed E-state index contributed by atoms with van der Waals surface area (Å²) >= 11 is 0. The van der Waals surface area contributed by atoms with Crippen LogP contribution in [0.2, 0.25) is 0 Å². The number of hydrogen-bond acceptors (Lipinski definition) is 4. The number of rotatable bonds is 10. The van der Waals surface area contributed by atoms with Gasteiger partial charge in [0.2, 0.25) is 5.91 Å². The minimum atomic E-state index is -0.194. The van der Waals surface area contributed by atoms with E-state index in [0.29, 0.717) is 31.8 Å². The molecule has 0 spiro atoms. The highest BCUT2D eigenvalue weighted by molar-refractivity contribution is 5.81. The maximum atomic E-state index is 12.7. The van der Waals surface area contributed by atoms with Crippen LogP contribution in [-0.4, -0.2) is 52.5 Å². The van der Waals surface area contributed by atoms with Crippen LogP contribution in [0.3, 0.4) is 0 Å². The maximum Gasteiger partial charge on any atom is 0.257 e. The summed E-state index contributed by atoms with van der Waals surface area (Å²) in [6, 6.07) is 17.0. The molecule has 1 aromatic heterocycles. The first-order chi connectivity index (χ1) is 14.6. The average molecular weight is 409 g/mol. The third-order valence-electron chi connectivity index (χ3n) is 4.93. The second kappa shape index (κ2) is 10.4. The van der Waals surface area contributed by atoms with Gasteiger partial charge in [0.25, 0.3) is 5.91 Å². The molecule has 7 nitrogen and oxygen atoms in total. The summed E-state index contributed by atoms with van der Waals surface area (Å²) in [6.07, 6.45) is 0.525. The first-order valence-electron chi connectivity index (χ1n) is 10.3. The lowest BCUT2D eigenvalue weighted by Gasteiger charge is -2.20. The quantitative estimate of drug-likeness (QED) is 0.560. The van der Waals surface area contributed by atoms with Gasteiger partial charge in [-0.3, -0.25) is 9.59 Å². The Morgan fingerprint density at radius 3 is 2.47 bits per heavy atom. The Kier molecular flexibility index (Phi) is 7.43. The summed E-state index contributed by atoms with van der Waals surface area (Å²) in [7, 11) is 0. The van der Waals surface area contributed by atoms with E-state index in [-0.39, 0.29) is 25.0 Å². The molecule has 158 valence electrons.